The maximum Gasteiger partial charge on any atom is 0.280 e. The van der Waals surface area contributed by atoms with Crippen LogP contribution in [0.25, 0.3) is 0 Å². The molecule has 5 nitrogen and oxygen atoms in total. The van der Waals surface area contributed by atoms with Gasteiger partial charge >= 0.3 is 0 Å². The van der Waals surface area contributed by atoms with E-state index in [0.717, 1.165) is 12.2 Å². The minimum absolute atomic E-state index is 0.0831. The summed E-state index contributed by atoms with van der Waals surface area (Å²) in [5.74, 6) is 0.866. The molecule has 0 atom stereocenters. The number of aryl methyl sites for hydroxylation is 1. The molecule has 0 aliphatic rings. The van der Waals surface area contributed by atoms with Crippen molar-refractivity contribution in [3.63, 3.8) is 0 Å². The lowest BCUT2D eigenvalue weighted by atomic mass is 10.2. The molecule has 0 aliphatic heterocycles. The fraction of sp³-hybridized carbons (Fsp3) is 0.700. The molecule has 0 amide bonds. The van der Waals surface area contributed by atoms with Crippen molar-refractivity contribution in [2.45, 2.75) is 37.8 Å². The fourth-order valence-corrected chi connectivity index (χ4v) is 2.22. The lowest BCUT2D eigenvalue weighted by Gasteiger charge is -2.09. The molecule has 1 aromatic heterocycles. The minimum atomic E-state index is -3.76. The molecule has 0 fully saturated rings. The predicted molar refractivity (Wildman–Crippen MR) is 65.8 cm³/mol. The molecule has 0 bridgehead atoms. The van der Waals surface area contributed by atoms with E-state index in [1.165, 1.54) is 6.20 Å². The maximum atomic E-state index is 11.2. The van der Waals surface area contributed by atoms with Gasteiger partial charge in [-0.1, -0.05) is 13.8 Å². The van der Waals surface area contributed by atoms with E-state index in [2.05, 4.69) is 4.98 Å². The summed E-state index contributed by atoms with van der Waals surface area (Å²) in [4.78, 5) is 4.06. The number of methoxy groups -OCH3 is 1. The normalized spacial score (nSPS) is 12.3. The molecule has 0 unspecified atom stereocenters. The van der Waals surface area contributed by atoms with Crippen molar-refractivity contribution >= 4 is 19.7 Å². The van der Waals surface area contributed by atoms with Crippen LogP contribution in [0, 0.1) is 0 Å². The number of nitrogens with zero attached hydrogens (tertiary/aromatic N) is 2. The average molecular weight is 281 g/mol. The van der Waals surface area contributed by atoms with E-state index >= 15 is 0 Å². The second kappa shape index (κ2) is 5.84. The summed E-state index contributed by atoms with van der Waals surface area (Å²) in [6.45, 7) is 5.21. The van der Waals surface area contributed by atoms with Crippen molar-refractivity contribution in [2.24, 2.45) is 0 Å². The Morgan fingerprint density at radius 2 is 2.18 bits per heavy atom. The first-order valence-corrected chi connectivity index (χ1v) is 7.68. The second-order valence-corrected chi connectivity index (χ2v) is 6.58. The van der Waals surface area contributed by atoms with Crippen LogP contribution in [0.1, 0.15) is 32.0 Å². The Hall–Kier alpha value is -0.590. The number of hydrogen-bond acceptors (Lipinski definition) is 4. The van der Waals surface area contributed by atoms with Gasteiger partial charge in [-0.2, -0.15) is 0 Å². The lowest BCUT2D eigenvalue weighted by molar-refractivity contribution is 0.190. The Labute approximate surface area is 106 Å². The predicted octanol–water partition coefficient (Wildman–Crippen LogP) is 1.97. The molecule has 0 spiro atoms. The average Bonchev–Trinajstić information content (AvgIpc) is 2.61. The summed E-state index contributed by atoms with van der Waals surface area (Å²) in [6, 6.07) is 0. The van der Waals surface area contributed by atoms with Gasteiger partial charge < -0.3 is 9.30 Å². The van der Waals surface area contributed by atoms with Crippen LogP contribution in [0.3, 0.4) is 0 Å². The Kier molecular flexibility index (Phi) is 4.97. The first-order valence-electron chi connectivity index (χ1n) is 5.37. The second-order valence-electron chi connectivity index (χ2n) is 4.07. The Morgan fingerprint density at radius 1 is 1.53 bits per heavy atom. The molecule has 1 heterocycles. The summed E-state index contributed by atoms with van der Waals surface area (Å²) in [6.07, 6.45) is 2.28. The molecule has 0 radical (unpaired) electrons. The molecule has 7 heteroatoms. The van der Waals surface area contributed by atoms with E-state index < -0.39 is 9.05 Å². The van der Waals surface area contributed by atoms with E-state index in [9.17, 15) is 8.42 Å². The van der Waals surface area contributed by atoms with Gasteiger partial charge in [-0.15, -0.1) is 0 Å². The third-order valence-electron chi connectivity index (χ3n) is 2.30. The lowest BCUT2D eigenvalue weighted by Crippen LogP contribution is -2.06. The number of rotatable bonds is 6. The van der Waals surface area contributed by atoms with Crippen LogP contribution in [0.2, 0.25) is 0 Å². The largest absolute Gasteiger partial charge is 0.385 e. The molecule has 0 aliphatic carbocycles. The highest BCUT2D eigenvalue weighted by Crippen LogP contribution is 2.20. The topological polar surface area (TPSA) is 61.2 Å². The molecular weight excluding hydrogens is 264 g/mol. The van der Waals surface area contributed by atoms with Gasteiger partial charge in [0.25, 0.3) is 9.05 Å². The van der Waals surface area contributed by atoms with Crippen molar-refractivity contribution in [3.8, 4) is 0 Å². The molecule has 98 valence electrons. The summed E-state index contributed by atoms with van der Waals surface area (Å²) in [7, 11) is 3.15. The van der Waals surface area contributed by atoms with E-state index in [1.807, 2.05) is 18.4 Å². The van der Waals surface area contributed by atoms with Gasteiger partial charge in [-0.05, 0) is 6.42 Å². The maximum absolute atomic E-state index is 11.2. The smallest absolute Gasteiger partial charge is 0.280 e. The van der Waals surface area contributed by atoms with E-state index in [4.69, 9.17) is 15.4 Å². The van der Waals surface area contributed by atoms with Crippen LogP contribution in [-0.4, -0.2) is 31.7 Å². The van der Waals surface area contributed by atoms with Crippen molar-refractivity contribution < 1.29 is 13.2 Å². The fourth-order valence-electron chi connectivity index (χ4n) is 1.54. The number of imidazole rings is 1. The standard InChI is InChI=1S/C10H17ClN2O3S/c1-8(2)10-12-9(17(11,14)15)7-13(10)5-4-6-16-3/h7-8H,4-6H2,1-3H3. The van der Waals surface area contributed by atoms with Gasteiger partial charge in [0.15, 0.2) is 5.03 Å². The molecule has 0 saturated carbocycles. The Morgan fingerprint density at radius 3 is 2.65 bits per heavy atom. The van der Waals surface area contributed by atoms with Crippen LogP contribution in [0.4, 0.5) is 0 Å². The minimum Gasteiger partial charge on any atom is -0.385 e. The van der Waals surface area contributed by atoms with Crippen molar-refractivity contribution in [1.29, 1.82) is 0 Å². The Balaban J connectivity index is 2.98. The van der Waals surface area contributed by atoms with Gasteiger partial charge in [-0.3, -0.25) is 0 Å². The third-order valence-corrected chi connectivity index (χ3v) is 3.47. The zero-order valence-corrected chi connectivity index (χ0v) is 11.8. The van der Waals surface area contributed by atoms with E-state index in [0.29, 0.717) is 13.2 Å². The zero-order chi connectivity index (χ0) is 13.1. The summed E-state index contributed by atoms with van der Waals surface area (Å²) in [5.41, 5.74) is 0. The summed E-state index contributed by atoms with van der Waals surface area (Å²) in [5, 5.41) is -0.0831. The number of aromatic nitrogens is 2. The van der Waals surface area contributed by atoms with Gasteiger partial charge in [0, 0.05) is 43.1 Å². The quantitative estimate of drug-likeness (QED) is 0.590. The SMILES string of the molecule is COCCCn1cc(S(=O)(=O)Cl)nc1C(C)C. The van der Waals surface area contributed by atoms with Gasteiger partial charge in [0.1, 0.15) is 5.82 Å². The van der Waals surface area contributed by atoms with Crippen molar-refractivity contribution in [2.75, 3.05) is 13.7 Å². The van der Waals surface area contributed by atoms with Crippen LogP contribution in [-0.2, 0) is 20.3 Å². The van der Waals surface area contributed by atoms with E-state index in [-0.39, 0.29) is 10.9 Å². The number of ether oxygens (including phenoxy) is 1. The van der Waals surface area contributed by atoms with Crippen LogP contribution < -0.4 is 0 Å². The number of halogens is 1. The van der Waals surface area contributed by atoms with Crippen molar-refractivity contribution in [3.05, 3.63) is 12.0 Å². The molecule has 0 N–H and O–H groups in total. The summed E-state index contributed by atoms with van der Waals surface area (Å²) < 4.78 is 29.2. The first-order chi connectivity index (χ1) is 7.86. The van der Waals surface area contributed by atoms with Gasteiger partial charge in [0.2, 0.25) is 0 Å². The molecule has 0 saturated heterocycles. The molecule has 17 heavy (non-hydrogen) atoms. The highest BCUT2D eigenvalue weighted by atomic mass is 35.7. The molecule has 1 rings (SSSR count). The van der Waals surface area contributed by atoms with Crippen LogP contribution >= 0.6 is 10.7 Å². The van der Waals surface area contributed by atoms with Gasteiger partial charge in [0.05, 0.1) is 0 Å². The number of hydrogen-bond donors (Lipinski definition) is 0. The highest BCUT2D eigenvalue weighted by molar-refractivity contribution is 8.13. The van der Waals surface area contributed by atoms with Crippen LogP contribution in [0.15, 0.2) is 11.2 Å². The molecular formula is C10H17ClN2O3S. The Bertz CT molecular complexity index is 468. The van der Waals surface area contributed by atoms with Gasteiger partial charge in [-0.25, -0.2) is 13.4 Å². The monoisotopic (exact) mass is 280 g/mol. The zero-order valence-electron chi connectivity index (χ0n) is 10.2. The van der Waals surface area contributed by atoms with E-state index in [1.54, 1.807) is 7.11 Å². The highest BCUT2D eigenvalue weighted by Gasteiger charge is 2.19. The third kappa shape index (κ3) is 3.97. The van der Waals surface area contributed by atoms with Crippen molar-refractivity contribution in [1.82, 2.24) is 9.55 Å². The molecule has 1 aromatic rings. The summed E-state index contributed by atoms with van der Waals surface area (Å²) >= 11 is 0. The molecule has 0 aromatic carbocycles. The first kappa shape index (κ1) is 14.5. The van der Waals surface area contributed by atoms with Crippen LogP contribution in [0.5, 0.6) is 0 Å².